The summed E-state index contributed by atoms with van der Waals surface area (Å²) in [5.41, 5.74) is 0. The van der Waals surface area contributed by atoms with Crippen LogP contribution in [0.5, 0.6) is 0 Å². The zero-order chi connectivity index (χ0) is 12.1. The van der Waals surface area contributed by atoms with Gasteiger partial charge in [0.1, 0.15) is 0 Å². The Morgan fingerprint density at radius 1 is 1.24 bits per heavy atom. The van der Waals surface area contributed by atoms with Gasteiger partial charge in [0, 0.05) is 24.7 Å². The number of nitrogens with one attached hydrogen (secondary N) is 1. The molecule has 0 bridgehead atoms. The Labute approximate surface area is 106 Å². The lowest BCUT2D eigenvalue weighted by atomic mass is 10.0. The molecule has 3 nitrogen and oxygen atoms in total. The van der Waals surface area contributed by atoms with Crippen LogP contribution in [0.4, 0.5) is 0 Å². The van der Waals surface area contributed by atoms with E-state index < -0.39 is 0 Å². The van der Waals surface area contributed by atoms with Gasteiger partial charge in [-0.2, -0.15) is 0 Å². The van der Waals surface area contributed by atoms with Gasteiger partial charge in [-0.15, -0.1) is 0 Å². The first-order chi connectivity index (χ1) is 8.36. The Morgan fingerprint density at radius 2 is 2.06 bits per heavy atom. The van der Waals surface area contributed by atoms with Crippen LogP contribution in [0.25, 0.3) is 0 Å². The molecule has 2 fully saturated rings. The lowest BCUT2D eigenvalue weighted by Gasteiger charge is -2.40. The minimum absolute atomic E-state index is 0.614. The predicted octanol–water partition coefficient (Wildman–Crippen LogP) is 2.02. The predicted molar refractivity (Wildman–Crippen MR) is 71.3 cm³/mol. The van der Waals surface area contributed by atoms with Gasteiger partial charge in [-0.1, -0.05) is 20.3 Å². The van der Waals surface area contributed by atoms with Crippen LogP contribution in [0.2, 0.25) is 0 Å². The van der Waals surface area contributed by atoms with Crippen molar-refractivity contribution in [3.63, 3.8) is 0 Å². The highest BCUT2D eigenvalue weighted by Gasteiger charge is 2.38. The van der Waals surface area contributed by atoms with Crippen LogP contribution in [0.3, 0.4) is 0 Å². The molecule has 17 heavy (non-hydrogen) atoms. The van der Waals surface area contributed by atoms with Crippen molar-refractivity contribution in [2.45, 2.75) is 64.1 Å². The number of hydrogen-bond donors (Lipinski definition) is 1. The van der Waals surface area contributed by atoms with Crippen molar-refractivity contribution in [3.8, 4) is 0 Å². The largest absolute Gasteiger partial charge is 0.380 e. The van der Waals surface area contributed by atoms with Crippen LogP contribution in [0.1, 0.15) is 46.0 Å². The van der Waals surface area contributed by atoms with Gasteiger partial charge in [0.15, 0.2) is 0 Å². The highest BCUT2D eigenvalue weighted by Crippen LogP contribution is 2.31. The molecule has 0 aromatic carbocycles. The van der Waals surface area contributed by atoms with Crippen molar-refractivity contribution >= 4 is 0 Å². The third-order valence-electron chi connectivity index (χ3n) is 4.00. The van der Waals surface area contributed by atoms with E-state index in [9.17, 15) is 0 Å². The smallest absolute Gasteiger partial charge is 0.0637 e. The fraction of sp³-hybridized carbons (Fsp3) is 1.00. The molecule has 1 aliphatic heterocycles. The molecule has 1 N–H and O–H groups in total. The van der Waals surface area contributed by atoms with Crippen LogP contribution >= 0.6 is 0 Å². The van der Waals surface area contributed by atoms with Gasteiger partial charge in [0.05, 0.1) is 6.61 Å². The normalized spacial score (nSPS) is 29.8. The number of ether oxygens (including phenoxy) is 1. The van der Waals surface area contributed by atoms with Gasteiger partial charge in [-0.05, 0) is 38.8 Å². The van der Waals surface area contributed by atoms with E-state index in [2.05, 4.69) is 24.1 Å². The summed E-state index contributed by atoms with van der Waals surface area (Å²) in [5, 5.41) is 3.65. The number of rotatable bonds is 7. The van der Waals surface area contributed by atoms with Gasteiger partial charge in [-0.25, -0.2) is 0 Å². The quantitative estimate of drug-likeness (QED) is 0.737. The minimum atomic E-state index is 0.614. The van der Waals surface area contributed by atoms with Gasteiger partial charge in [0.2, 0.25) is 0 Å². The molecular formula is C14H28N2O. The monoisotopic (exact) mass is 240 g/mol. The highest BCUT2D eigenvalue weighted by atomic mass is 16.5. The van der Waals surface area contributed by atoms with E-state index in [1.165, 1.54) is 38.6 Å². The van der Waals surface area contributed by atoms with E-state index in [0.29, 0.717) is 12.1 Å². The molecule has 2 unspecified atom stereocenters. The summed E-state index contributed by atoms with van der Waals surface area (Å²) in [6.07, 6.45) is 6.60. The molecule has 1 heterocycles. The van der Waals surface area contributed by atoms with Gasteiger partial charge in [0.25, 0.3) is 0 Å². The van der Waals surface area contributed by atoms with Crippen molar-refractivity contribution in [3.05, 3.63) is 0 Å². The maximum absolute atomic E-state index is 5.72. The summed E-state index contributed by atoms with van der Waals surface area (Å²) in [5.74, 6) is 0. The molecule has 0 radical (unpaired) electrons. The Balaban J connectivity index is 1.93. The van der Waals surface area contributed by atoms with E-state index in [-0.39, 0.29) is 0 Å². The fourth-order valence-electron chi connectivity index (χ4n) is 2.92. The molecule has 1 saturated carbocycles. The van der Waals surface area contributed by atoms with Crippen LogP contribution in [0.15, 0.2) is 0 Å². The first kappa shape index (κ1) is 13.3. The summed E-state index contributed by atoms with van der Waals surface area (Å²) in [4.78, 5) is 2.73. The standard InChI is InChI=1S/C14H28N2O/c1-3-5-9-16(12-6-7-12)14-11-17-10-8-13(14)15-4-2/h12-15H,3-11H2,1-2H3. The first-order valence-electron chi connectivity index (χ1n) is 7.43. The van der Waals surface area contributed by atoms with E-state index in [1.54, 1.807) is 0 Å². The lowest BCUT2D eigenvalue weighted by molar-refractivity contribution is -0.00667. The summed E-state index contributed by atoms with van der Waals surface area (Å²) in [6, 6.07) is 2.11. The Bertz CT molecular complexity index is 216. The van der Waals surface area contributed by atoms with Crippen molar-refractivity contribution in [1.29, 1.82) is 0 Å². The average molecular weight is 240 g/mol. The molecule has 2 aliphatic rings. The second kappa shape index (κ2) is 6.72. The van der Waals surface area contributed by atoms with Crippen LogP contribution in [-0.2, 0) is 4.74 Å². The van der Waals surface area contributed by atoms with E-state index in [4.69, 9.17) is 4.74 Å². The second-order valence-corrected chi connectivity index (χ2v) is 5.42. The molecule has 3 heteroatoms. The summed E-state index contributed by atoms with van der Waals surface area (Å²) in [7, 11) is 0. The molecule has 1 saturated heterocycles. The molecule has 0 aromatic rings. The Hall–Kier alpha value is -0.120. The highest BCUT2D eigenvalue weighted by molar-refractivity contribution is 4.94. The van der Waals surface area contributed by atoms with Gasteiger partial charge >= 0.3 is 0 Å². The molecule has 0 aromatic heterocycles. The SMILES string of the molecule is CCCCN(C1CC1)C1COCCC1NCC. The molecule has 1 aliphatic carbocycles. The third kappa shape index (κ3) is 3.67. The number of hydrogen-bond acceptors (Lipinski definition) is 3. The van der Waals surface area contributed by atoms with Crippen molar-refractivity contribution in [2.75, 3.05) is 26.3 Å². The summed E-state index contributed by atoms with van der Waals surface area (Å²) in [6.45, 7) is 8.69. The number of unbranched alkanes of at least 4 members (excludes halogenated alkanes) is 1. The zero-order valence-corrected chi connectivity index (χ0v) is 11.5. The number of likely N-dealkylation sites (N-methyl/N-ethyl adjacent to an activating group) is 1. The maximum Gasteiger partial charge on any atom is 0.0637 e. The van der Waals surface area contributed by atoms with Crippen LogP contribution < -0.4 is 5.32 Å². The molecule has 2 rings (SSSR count). The minimum Gasteiger partial charge on any atom is -0.380 e. The van der Waals surface area contributed by atoms with E-state index in [1.807, 2.05) is 0 Å². The molecule has 2 atom stereocenters. The van der Waals surface area contributed by atoms with Crippen LogP contribution in [-0.4, -0.2) is 49.3 Å². The molecule has 100 valence electrons. The third-order valence-corrected chi connectivity index (χ3v) is 4.00. The fourth-order valence-corrected chi connectivity index (χ4v) is 2.92. The summed E-state index contributed by atoms with van der Waals surface area (Å²) < 4.78 is 5.72. The van der Waals surface area contributed by atoms with E-state index >= 15 is 0 Å². The Kier molecular flexibility index (Phi) is 5.26. The Morgan fingerprint density at radius 3 is 2.71 bits per heavy atom. The van der Waals surface area contributed by atoms with Crippen molar-refractivity contribution < 1.29 is 4.74 Å². The molecular weight excluding hydrogens is 212 g/mol. The topological polar surface area (TPSA) is 24.5 Å². The molecule has 0 amide bonds. The first-order valence-corrected chi connectivity index (χ1v) is 7.43. The second-order valence-electron chi connectivity index (χ2n) is 5.42. The van der Waals surface area contributed by atoms with E-state index in [0.717, 1.165) is 25.8 Å². The molecule has 0 spiro atoms. The summed E-state index contributed by atoms with van der Waals surface area (Å²) >= 11 is 0. The number of nitrogens with zero attached hydrogens (tertiary/aromatic N) is 1. The lowest BCUT2D eigenvalue weighted by Crippen LogP contribution is -2.56. The maximum atomic E-state index is 5.72. The van der Waals surface area contributed by atoms with Crippen molar-refractivity contribution in [2.24, 2.45) is 0 Å². The van der Waals surface area contributed by atoms with Gasteiger partial charge < -0.3 is 10.1 Å². The average Bonchev–Trinajstić information content (AvgIpc) is 3.16. The van der Waals surface area contributed by atoms with Crippen LogP contribution in [0, 0.1) is 0 Å². The zero-order valence-electron chi connectivity index (χ0n) is 11.5. The van der Waals surface area contributed by atoms with Crippen molar-refractivity contribution in [1.82, 2.24) is 10.2 Å². The van der Waals surface area contributed by atoms with Gasteiger partial charge in [-0.3, -0.25) is 4.90 Å².